The van der Waals surface area contributed by atoms with E-state index >= 15 is 0 Å². The van der Waals surface area contributed by atoms with Crippen molar-refractivity contribution in [2.24, 2.45) is 0 Å². The first-order chi connectivity index (χ1) is 10.4. The van der Waals surface area contributed by atoms with E-state index in [-0.39, 0.29) is 17.3 Å². The second kappa shape index (κ2) is 6.53. The summed E-state index contributed by atoms with van der Waals surface area (Å²) < 4.78 is 26.7. The normalized spacial score (nSPS) is 10.2. The summed E-state index contributed by atoms with van der Waals surface area (Å²) in [6.07, 6.45) is 0. The number of carbonyl (C=O) groups excluding carboxylic acids is 2. The highest BCUT2D eigenvalue weighted by Gasteiger charge is 2.15. The molecule has 114 valence electrons. The minimum absolute atomic E-state index is 0.216. The average molecular weight is 325 g/mol. The zero-order valence-electron chi connectivity index (χ0n) is 11.4. The maximum atomic E-state index is 13.6. The molecule has 4 nitrogen and oxygen atoms in total. The van der Waals surface area contributed by atoms with E-state index in [0.717, 1.165) is 18.2 Å². The molecule has 0 saturated carbocycles. The van der Waals surface area contributed by atoms with Gasteiger partial charge in [0.1, 0.15) is 11.6 Å². The summed E-state index contributed by atoms with van der Waals surface area (Å²) in [6.45, 7) is 1.29. The number of hydrogen-bond donors (Lipinski definition) is 2. The fraction of sp³-hybridized carbons (Fsp3) is 0.0667. The van der Waals surface area contributed by atoms with Crippen LogP contribution in [0.3, 0.4) is 0 Å². The van der Waals surface area contributed by atoms with Crippen molar-refractivity contribution in [3.05, 3.63) is 58.6 Å². The lowest BCUT2D eigenvalue weighted by molar-refractivity contribution is -0.114. The largest absolute Gasteiger partial charge is 0.324 e. The molecule has 2 aromatic rings. The topological polar surface area (TPSA) is 58.2 Å². The maximum absolute atomic E-state index is 13.6. The van der Waals surface area contributed by atoms with E-state index in [2.05, 4.69) is 10.6 Å². The fourth-order valence-corrected chi connectivity index (χ4v) is 1.95. The van der Waals surface area contributed by atoms with Crippen molar-refractivity contribution in [1.29, 1.82) is 0 Å². The monoisotopic (exact) mass is 324 g/mol. The summed E-state index contributed by atoms with van der Waals surface area (Å²) in [5.74, 6) is -2.79. The molecule has 0 unspecified atom stereocenters. The second-order valence-electron chi connectivity index (χ2n) is 4.45. The van der Waals surface area contributed by atoms with Crippen molar-refractivity contribution in [3.8, 4) is 0 Å². The van der Waals surface area contributed by atoms with Crippen molar-refractivity contribution in [3.63, 3.8) is 0 Å². The molecule has 0 atom stereocenters. The van der Waals surface area contributed by atoms with Crippen molar-refractivity contribution in [2.45, 2.75) is 6.92 Å². The van der Waals surface area contributed by atoms with Gasteiger partial charge in [0.25, 0.3) is 5.91 Å². The van der Waals surface area contributed by atoms with E-state index < -0.39 is 23.1 Å². The molecule has 0 aliphatic rings. The molecule has 2 amide bonds. The molecule has 22 heavy (non-hydrogen) atoms. The summed E-state index contributed by atoms with van der Waals surface area (Å²) in [4.78, 5) is 23.2. The number of anilines is 2. The van der Waals surface area contributed by atoms with E-state index in [1.807, 2.05) is 0 Å². The zero-order valence-corrected chi connectivity index (χ0v) is 12.2. The van der Waals surface area contributed by atoms with Gasteiger partial charge < -0.3 is 10.6 Å². The molecule has 0 saturated heterocycles. The number of carbonyl (C=O) groups is 2. The third-order valence-corrected chi connectivity index (χ3v) is 2.95. The first-order valence-corrected chi connectivity index (χ1v) is 6.58. The van der Waals surface area contributed by atoms with Crippen LogP contribution in [0.1, 0.15) is 17.3 Å². The van der Waals surface area contributed by atoms with Crippen LogP contribution in [0.5, 0.6) is 0 Å². The second-order valence-corrected chi connectivity index (χ2v) is 4.89. The maximum Gasteiger partial charge on any atom is 0.258 e. The van der Waals surface area contributed by atoms with Crippen LogP contribution in [0.4, 0.5) is 20.2 Å². The highest BCUT2D eigenvalue weighted by molar-refractivity contribution is 6.31. The van der Waals surface area contributed by atoms with Crippen molar-refractivity contribution in [2.75, 3.05) is 10.6 Å². The van der Waals surface area contributed by atoms with Crippen molar-refractivity contribution in [1.82, 2.24) is 0 Å². The average Bonchev–Trinajstić information content (AvgIpc) is 2.43. The zero-order chi connectivity index (χ0) is 16.3. The Bertz CT molecular complexity index is 750. The minimum Gasteiger partial charge on any atom is -0.324 e. The van der Waals surface area contributed by atoms with E-state index in [1.165, 1.54) is 25.1 Å². The predicted molar refractivity (Wildman–Crippen MR) is 80.1 cm³/mol. The van der Waals surface area contributed by atoms with Crippen LogP contribution in [0.2, 0.25) is 5.02 Å². The van der Waals surface area contributed by atoms with Gasteiger partial charge >= 0.3 is 0 Å². The highest BCUT2D eigenvalue weighted by atomic mass is 35.5. The number of halogens is 3. The summed E-state index contributed by atoms with van der Waals surface area (Å²) in [5.41, 5.74) is 0.0298. The summed E-state index contributed by atoms with van der Waals surface area (Å²) in [6, 6.07) is 6.93. The Balaban J connectivity index is 2.32. The molecule has 0 aliphatic heterocycles. The molecule has 0 heterocycles. The third kappa shape index (κ3) is 3.79. The van der Waals surface area contributed by atoms with E-state index in [1.54, 1.807) is 0 Å². The van der Waals surface area contributed by atoms with Gasteiger partial charge in [-0.2, -0.15) is 0 Å². The molecule has 2 rings (SSSR count). The minimum atomic E-state index is -0.853. The molecule has 0 radical (unpaired) electrons. The summed E-state index contributed by atoms with van der Waals surface area (Å²) in [5, 5.41) is 5.25. The number of benzene rings is 2. The standard InChI is InChI=1S/C15H11ClF2N2O2/c1-8(21)19-14-6-9(16)2-5-13(14)20-15(22)11-7-10(17)3-4-12(11)18/h2-7H,1H3,(H,19,21)(H,20,22). The molecule has 0 spiro atoms. The van der Waals surface area contributed by atoms with Crippen LogP contribution >= 0.6 is 11.6 Å². The molecule has 0 fully saturated rings. The molecular formula is C15H11ClF2N2O2. The van der Waals surface area contributed by atoms with Gasteiger partial charge in [0.2, 0.25) is 5.91 Å². The van der Waals surface area contributed by atoms with Crippen molar-refractivity contribution >= 4 is 34.8 Å². The van der Waals surface area contributed by atoms with E-state index in [9.17, 15) is 18.4 Å². The lowest BCUT2D eigenvalue weighted by atomic mass is 10.1. The number of nitrogens with one attached hydrogen (secondary N) is 2. The number of hydrogen-bond acceptors (Lipinski definition) is 2. The Morgan fingerprint density at radius 2 is 1.73 bits per heavy atom. The Labute approximate surface area is 130 Å². The van der Waals surface area contributed by atoms with E-state index in [0.29, 0.717) is 5.02 Å². The lowest BCUT2D eigenvalue weighted by Gasteiger charge is -2.12. The first kappa shape index (κ1) is 15.9. The molecule has 2 N–H and O–H groups in total. The molecule has 0 aliphatic carbocycles. The predicted octanol–water partition coefficient (Wildman–Crippen LogP) is 3.83. The Morgan fingerprint density at radius 3 is 2.41 bits per heavy atom. The van der Waals surface area contributed by atoms with Crippen LogP contribution in [0.15, 0.2) is 36.4 Å². The SMILES string of the molecule is CC(=O)Nc1cc(Cl)ccc1NC(=O)c1cc(F)ccc1F. The van der Waals surface area contributed by atoms with Crippen LogP contribution in [0.25, 0.3) is 0 Å². The Hall–Kier alpha value is -2.47. The van der Waals surface area contributed by atoms with Crippen LogP contribution in [0, 0.1) is 11.6 Å². The van der Waals surface area contributed by atoms with Gasteiger partial charge in [-0.25, -0.2) is 8.78 Å². The van der Waals surface area contributed by atoms with Crippen molar-refractivity contribution < 1.29 is 18.4 Å². The van der Waals surface area contributed by atoms with Crippen LogP contribution in [-0.2, 0) is 4.79 Å². The highest BCUT2D eigenvalue weighted by Crippen LogP contribution is 2.26. The van der Waals surface area contributed by atoms with Gasteiger partial charge in [-0.15, -0.1) is 0 Å². The number of rotatable bonds is 3. The first-order valence-electron chi connectivity index (χ1n) is 6.20. The molecule has 0 aromatic heterocycles. The van der Waals surface area contributed by atoms with Crippen LogP contribution in [-0.4, -0.2) is 11.8 Å². The fourth-order valence-electron chi connectivity index (χ4n) is 1.78. The quantitative estimate of drug-likeness (QED) is 0.901. The third-order valence-electron chi connectivity index (χ3n) is 2.71. The van der Waals surface area contributed by atoms with Gasteiger partial charge in [-0.1, -0.05) is 11.6 Å². The van der Waals surface area contributed by atoms with Gasteiger partial charge in [-0.05, 0) is 36.4 Å². The Kier molecular flexibility index (Phi) is 4.72. The van der Waals surface area contributed by atoms with Gasteiger partial charge in [0.05, 0.1) is 16.9 Å². The lowest BCUT2D eigenvalue weighted by Crippen LogP contribution is -2.16. The summed E-state index contributed by atoms with van der Waals surface area (Å²) in [7, 11) is 0. The van der Waals surface area contributed by atoms with E-state index in [4.69, 9.17) is 11.6 Å². The molecular weight excluding hydrogens is 314 g/mol. The summed E-state index contributed by atoms with van der Waals surface area (Å²) >= 11 is 5.83. The Morgan fingerprint density at radius 1 is 1.00 bits per heavy atom. The number of amides is 2. The van der Waals surface area contributed by atoms with Gasteiger partial charge in [0.15, 0.2) is 0 Å². The van der Waals surface area contributed by atoms with Crippen LogP contribution < -0.4 is 10.6 Å². The smallest absolute Gasteiger partial charge is 0.258 e. The molecule has 7 heteroatoms. The molecule has 2 aromatic carbocycles. The van der Waals surface area contributed by atoms with Gasteiger partial charge in [-0.3, -0.25) is 9.59 Å². The van der Waals surface area contributed by atoms with Gasteiger partial charge in [0, 0.05) is 11.9 Å². The molecule has 0 bridgehead atoms.